The lowest BCUT2D eigenvalue weighted by atomic mass is 9.95. The summed E-state index contributed by atoms with van der Waals surface area (Å²) in [4.78, 5) is 12.5. The Morgan fingerprint density at radius 3 is 3.00 bits per heavy atom. The van der Waals surface area contributed by atoms with E-state index in [4.69, 9.17) is 5.73 Å². The summed E-state index contributed by atoms with van der Waals surface area (Å²) < 4.78 is 1.64. The van der Waals surface area contributed by atoms with Gasteiger partial charge in [-0.25, -0.2) is 4.68 Å². The number of nitrogens with zero attached hydrogens (tertiary/aromatic N) is 3. The molecule has 1 aromatic carbocycles. The van der Waals surface area contributed by atoms with E-state index in [0.29, 0.717) is 12.5 Å². The van der Waals surface area contributed by atoms with E-state index in [9.17, 15) is 4.79 Å². The zero-order chi connectivity index (χ0) is 14.7. The quantitative estimate of drug-likeness (QED) is 0.893. The molecular formula is C15H19N5O. The van der Waals surface area contributed by atoms with Crippen LogP contribution in [0, 0.1) is 11.8 Å². The first kappa shape index (κ1) is 13.8. The van der Waals surface area contributed by atoms with Gasteiger partial charge in [0.05, 0.1) is 23.8 Å². The Morgan fingerprint density at radius 2 is 2.24 bits per heavy atom. The zero-order valence-electron chi connectivity index (χ0n) is 11.8. The molecule has 0 aliphatic heterocycles. The number of carbonyl (C=O) groups excluding carboxylic acids is 1. The van der Waals surface area contributed by atoms with Gasteiger partial charge in [0.1, 0.15) is 0 Å². The number of aromatic nitrogens is 3. The van der Waals surface area contributed by atoms with Crippen molar-refractivity contribution in [1.29, 1.82) is 0 Å². The molecule has 0 radical (unpaired) electrons. The molecule has 3 N–H and O–H groups in total. The summed E-state index contributed by atoms with van der Waals surface area (Å²) in [7, 11) is 0. The number of hydrogen-bond donors (Lipinski definition) is 2. The summed E-state index contributed by atoms with van der Waals surface area (Å²) in [5, 5.41) is 10.8. The van der Waals surface area contributed by atoms with Crippen LogP contribution in [0.15, 0.2) is 36.7 Å². The van der Waals surface area contributed by atoms with Crippen LogP contribution in [-0.4, -0.2) is 27.4 Å². The number of nitrogens with one attached hydrogen (secondary N) is 1. The van der Waals surface area contributed by atoms with Gasteiger partial charge >= 0.3 is 0 Å². The maximum atomic E-state index is 12.5. The first-order chi connectivity index (χ1) is 10.3. The van der Waals surface area contributed by atoms with E-state index in [1.807, 2.05) is 24.3 Å². The average Bonchev–Trinajstić information content (AvgIpc) is 3.19. The predicted molar refractivity (Wildman–Crippen MR) is 79.9 cm³/mol. The molecule has 1 fully saturated rings. The van der Waals surface area contributed by atoms with Crippen molar-refractivity contribution in [2.24, 2.45) is 17.6 Å². The van der Waals surface area contributed by atoms with E-state index in [0.717, 1.165) is 30.6 Å². The van der Waals surface area contributed by atoms with E-state index in [1.54, 1.807) is 17.1 Å². The van der Waals surface area contributed by atoms with Crippen molar-refractivity contribution in [3.05, 3.63) is 36.7 Å². The van der Waals surface area contributed by atoms with Crippen LogP contribution in [0.4, 0.5) is 5.69 Å². The van der Waals surface area contributed by atoms with Crippen molar-refractivity contribution in [3.63, 3.8) is 0 Å². The summed E-state index contributed by atoms with van der Waals surface area (Å²) in [6, 6.07) is 7.58. The third kappa shape index (κ3) is 2.80. The molecule has 0 bridgehead atoms. The molecule has 1 aromatic heterocycles. The van der Waals surface area contributed by atoms with Crippen LogP contribution in [0.3, 0.4) is 0 Å². The summed E-state index contributed by atoms with van der Waals surface area (Å²) in [6.45, 7) is 0.572. The van der Waals surface area contributed by atoms with Gasteiger partial charge in [-0.1, -0.05) is 23.8 Å². The Balaban J connectivity index is 1.81. The topological polar surface area (TPSA) is 85.8 Å². The highest BCUT2D eigenvalue weighted by Crippen LogP contribution is 2.32. The second kappa shape index (κ2) is 6.05. The highest BCUT2D eigenvalue weighted by atomic mass is 16.1. The molecule has 1 aliphatic rings. The van der Waals surface area contributed by atoms with Gasteiger partial charge in [-0.2, -0.15) is 0 Å². The van der Waals surface area contributed by atoms with Crippen molar-refractivity contribution in [3.8, 4) is 5.69 Å². The Kier molecular flexibility index (Phi) is 3.96. The summed E-state index contributed by atoms with van der Waals surface area (Å²) in [6.07, 6.45) is 6.40. The van der Waals surface area contributed by atoms with E-state index in [2.05, 4.69) is 15.6 Å². The van der Waals surface area contributed by atoms with E-state index in [-0.39, 0.29) is 11.8 Å². The van der Waals surface area contributed by atoms with Gasteiger partial charge in [0.2, 0.25) is 5.91 Å². The van der Waals surface area contributed by atoms with E-state index < -0.39 is 0 Å². The largest absolute Gasteiger partial charge is 0.330 e. The number of hydrogen-bond acceptors (Lipinski definition) is 4. The zero-order valence-corrected chi connectivity index (χ0v) is 11.8. The minimum Gasteiger partial charge on any atom is -0.330 e. The van der Waals surface area contributed by atoms with Crippen LogP contribution in [0.1, 0.15) is 19.3 Å². The van der Waals surface area contributed by atoms with Crippen molar-refractivity contribution in [2.45, 2.75) is 19.3 Å². The molecule has 0 spiro atoms. The lowest BCUT2D eigenvalue weighted by Gasteiger charge is -2.18. The fraction of sp³-hybridized carbons (Fsp3) is 0.400. The molecule has 110 valence electrons. The third-order valence-corrected chi connectivity index (χ3v) is 4.13. The minimum absolute atomic E-state index is 0.0128. The molecule has 1 aliphatic carbocycles. The van der Waals surface area contributed by atoms with Crippen molar-refractivity contribution < 1.29 is 4.79 Å². The molecule has 1 amide bonds. The van der Waals surface area contributed by atoms with Crippen molar-refractivity contribution in [2.75, 3.05) is 11.9 Å². The monoisotopic (exact) mass is 285 g/mol. The third-order valence-electron chi connectivity index (χ3n) is 4.13. The molecule has 6 nitrogen and oxygen atoms in total. The maximum Gasteiger partial charge on any atom is 0.227 e. The highest BCUT2D eigenvalue weighted by molar-refractivity contribution is 5.94. The van der Waals surface area contributed by atoms with Crippen molar-refractivity contribution in [1.82, 2.24) is 15.0 Å². The second-order valence-corrected chi connectivity index (χ2v) is 5.39. The highest BCUT2D eigenvalue weighted by Gasteiger charge is 2.32. The maximum absolute atomic E-state index is 12.5. The van der Waals surface area contributed by atoms with Crippen LogP contribution in [-0.2, 0) is 4.79 Å². The normalized spacial score (nSPS) is 21.4. The molecule has 2 aromatic rings. The number of rotatable bonds is 4. The summed E-state index contributed by atoms with van der Waals surface area (Å²) in [5.41, 5.74) is 7.32. The Bertz CT molecular complexity index is 610. The number of para-hydroxylation sites is 2. The van der Waals surface area contributed by atoms with Crippen LogP contribution in [0.2, 0.25) is 0 Å². The van der Waals surface area contributed by atoms with Gasteiger partial charge in [0.15, 0.2) is 0 Å². The van der Waals surface area contributed by atoms with Crippen LogP contribution in [0.25, 0.3) is 5.69 Å². The standard InChI is InChI=1S/C15H19N5O/c16-10-11-4-3-5-12(11)15(21)18-13-6-1-2-7-14(13)20-9-8-17-19-20/h1-2,6-9,11-12H,3-5,10,16H2,(H,18,21). The molecule has 3 rings (SSSR count). The molecule has 1 saturated carbocycles. The summed E-state index contributed by atoms with van der Waals surface area (Å²) >= 11 is 0. The Labute approximate surface area is 123 Å². The number of anilines is 1. The summed E-state index contributed by atoms with van der Waals surface area (Å²) in [5.74, 6) is 0.359. The number of carbonyl (C=O) groups is 1. The second-order valence-electron chi connectivity index (χ2n) is 5.39. The van der Waals surface area contributed by atoms with E-state index in [1.165, 1.54) is 0 Å². The van der Waals surface area contributed by atoms with Gasteiger partial charge in [-0.05, 0) is 37.4 Å². The molecule has 2 unspecified atom stereocenters. The van der Waals surface area contributed by atoms with Gasteiger partial charge in [0.25, 0.3) is 0 Å². The van der Waals surface area contributed by atoms with Crippen molar-refractivity contribution >= 4 is 11.6 Å². The van der Waals surface area contributed by atoms with Gasteiger partial charge in [-0.15, -0.1) is 5.10 Å². The SMILES string of the molecule is NCC1CCCC1C(=O)Nc1ccccc1-n1ccnn1. The fourth-order valence-electron chi connectivity index (χ4n) is 3.01. The minimum atomic E-state index is 0.0128. The first-order valence-electron chi connectivity index (χ1n) is 7.26. The number of benzene rings is 1. The van der Waals surface area contributed by atoms with E-state index >= 15 is 0 Å². The number of amides is 1. The molecular weight excluding hydrogens is 266 g/mol. The Hall–Kier alpha value is -2.21. The van der Waals surface area contributed by atoms with Gasteiger partial charge in [0, 0.05) is 5.92 Å². The lowest BCUT2D eigenvalue weighted by Crippen LogP contribution is -2.30. The fourth-order valence-corrected chi connectivity index (χ4v) is 3.01. The van der Waals surface area contributed by atoms with Crippen LogP contribution < -0.4 is 11.1 Å². The van der Waals surface area contributed by atoms with Crippen LogP contribution in [0.5, 0.6) is 0 Å². The molecule has 21 heavy (non-hydrogen) atoms. The Morgan fingerprint density at radius 1 is 1.38 bits per heavy atom. The van der Waals surface area contributed by atoms with Gasteiger partial charge in [-0.3, -0.25) is 4.79 Å². The smallest absolute Gasteiger partial charge is 0.227 e. The number of nitrogens with two attached hydrogens (primary N) is 1. The molecule has 2 atom stereocenters. The van der Waals surface area contributed by atoms with Crippen LogP contribution >= 0.6 is 0 Å². The molecule has 0 saturated heterocycles. The first-order valence-corrected chi connectivity index (χ1v) is 7.26. The predicted octanol–water partition coefficient (Wildman–Crippen LogP) is 1.58. The average molecular weight is 285 g/mol. The lowest BCUT2D eigenvalue weighted by molar-refractivity contribution is -0.120. The van der Waals surface area contributed by atoms with Gasteiger partial charge < -0.3 is 11.1 Å². The molecule has 6 heteroatoms. The molecule has 1 heterocycles.